The Balaban J connectivity index is 1.69. The summed E-state index contributed by atoms with van der Waals surface area (Å²) in [7, 11) is 0. The number of halogens is 1. The topological polar surface area (TPSA) is 55.4 Å². The summed E-state index contributed by atoms with van der Waals surface area (Å²) in [4.78, 5) is 24.8. The molecule has 23 heavy (non-hydrogen) atoms. The van der Waals surface area contributed by atoms with Gasteiger partial charge in [0.2, 0.25) is 5.91 Å². The van der Waals surface area contributed by atoms with E-state index in [0.717, 1.165) is 10.5 Å². The van der Waals surface area contributed by atoms with Gasteiger partial charge in [0, 0.05) is 9.92 Å². The molecule has 0 aromatic heterocycles. The number of anilines is 1. The molecule has 0 fully saturated rings. The lowest BCUT2D eigenvalue weighted by molar-refractivity contribution is -0.115. The van der Waals surface area contributed by atoms with Crippen LogP contribution in [0.2, 0.25) is 5.02 Å². The van der Waals surface area contributed by atoms with Crippen molar-refractivity contribution in [3.63, 3.8) is 0 Å². The van der Waals surface area contributed by atoms with Crippen molar-refractivity contribution >= 4 is 40.9 Å². The summed E-state index contributed by atoms with van der Waals surface area (Å²) >= 11 is 7.29. The SMILES string of the molecule is CC1Sc2ccc(C(=O)OCc3ccc(Cl)cc3)cc2NC1=O. The number of hydrogen-bond acceptors (Lipinski definition) is 4. The number of carbonyl (C=O) groups is 2. The predicted molar refractivity (Wildman–Crippen MR) is 91.0 cm³/mol. The monoisotopic (exact) mass is 347 g/mol. The molecule has 1 heterocycles. The van der Waals surface area contributed by atoms with Crippen LogP contribution in [-0.2, 0) is 16.1 Å². The van der Waals surface area contributed by atoms with Crippen molar-refractivity contribution in [1.29, 1.82) is 0 Å². The zero-order valence-electron chi connectivity index (χ0n) is 12.3. The first-order valence-corrected chi connectivity index (χ1v) is 8.32. The quantitative estimate of drug-likeness (QED) is 0.848. The lowest BCUT2D eigenvalue weighted by atomic mass is 10.2. The standard InChI is InChI=1S/C17H14ClNO3S/c1-10-16(20)19-14-8-12(4-7-15(14)23-10)17(21)22-9-11-2-5-13(18)6-3-11/h2-8,10H,9H2,1H3,(H,19,20). The molecule has 1 aliphatic rings. The molecule has 4 nitrogen and oxygen atoms in total. The molecule has 118 valence electrons. The number of nitrogens with one attached hydrogen (secondary N) is 1. The second-order valence-electron chi connectivity index (χ2n) is 5.16. The van der Waals surface area contributed by atoms with Crippen molar-refractivity contribution in [2.45, 2.75) is 23.7 Å². The highest BCUT2D eigenvalue weighted by Gasteiger charge is 2.24. The largest absolute Gasteiger partial charge is 0.457 e. The Morgan fingerprint density at radius 3 is 2.74 bits per heavy atom. The van der Waals surface area contributed by atoms with Crippen molar-refractivity contribution in [2.24, 2.45) is 0 Å². The van der Waals surface area contributed by atoms with Gasteiger partial charge in [0.1, 0.15) is 6.61 Å². The van der Waals surface area contributed by atoms with E-state index >= 15 is 0 Å². The lowest BCUT2D eigenvalue weighted by Gasteiger charge is -2.21. The van der Waals surface area contributed by atoms with E-state index in [-0.39, 0.29) is 17.8 Å². The third-order valence-electron chi connectivity index (χ3n) is 3.43. The van der Waals surface area contributed by atoms with Gasteiger partial charge >= 0.3 is 5.97 Å². The van der Waals surface area contributed by atoms with E-state index < -0.39 is 5.97 Å². The first-order chi connectivity index (χ1) is 11.0. The molecule has 3 rings (SSSR count). The Bertz CT molecular complexity index is 761. The summed E-state index contributed by atoms with van der Waals surface area (Å²) in [6.07, 6.45) is 0. The van der Waals surface area contributed by atoms with Gasteiger partial charge < -0.3 is 10.1 Å². The maximum atomic E-state index is 12.1. The van der Waals surface area contributed by atoms with E-state index in [4.69, 9.17) is 16.3 Å². The van der Waals surface area contributed by atoms with E-state index in [9.17, 15) is 9.59 Å². The highest BCUT2D eigenvalue weighted by atomic mass is 35.5. The minimum absolute atomic E-state index is 0.0609. The van der Waals surface area contributed by atoms with Gasteiger partial charge in [-0.25, -0.2) is 4.79 Å². The molecule has 2 aromatic carbocycles. The van der Waals surface area contributed by atoms with Crippen molar-refractivity contribution in [3.8, 4) is 0 Å². The Morgan fingerprint density at radius 2 is 2.00 bits per heavy atom. The number of amides is 1. The van der Waals surface area contributed by atoms with Crippen molar-refractivity contribution < 1.29 is 14.3 Å². The number of carbonyl (C=O) groups excluding carboxylic acids is 2. The summed E-state index contributed by atoms with van der Waals surface area (Å²) in [5.41, 5.74) is 1.92. The van der Waals surface area contributed by atoms with Gasteiger partial charge in [0.25, 0.3) is 0 Å². The van der Waals surface area contributed by atoms with Crippen LogP contribution in [0.4, 0.5) is 5.69 Å². The number of ether oxygens (including phenoxy) is 1. The summed E-state index contributed by atoms with van der Waals surface area (Å²) in [6.45, 7) is 2.02. The van der Waals surface area contributed by atoms with Gasteiger partial charge in [-0.2, -0.15) is 0 Å². The second-order valence-corrected chi connectivity index (χ2v) is 6.98. The van der Waals surface area contributed by atoms with Crippen molar-refractivity contribution in [2.75, 3.05) is 5.32 Å². The third kappa shape index (κ3) is 3.68. The molecule has 0 saturated carbocycles. The number of rotatable bonds is 3. The molecule has 1 unspecified atom stereocenters. The Labute approximate surface area is 143 Å². The number of fused-ring (bicyclic) bond motifs is 1. The van der Waals surface area contributed by atoms with Crippen LogP contribution < -0.4 is 5.32 Å². The van der Waals surface area contributed by atoms with E-state index in [1.165, 1.54) is 11.8 Å². The molecule has 6 heteroatoms. The highest BCUT2D eigenvalue weighted by Crippen LogP contribution is 2.36. The molecule has 1 N–H and O–H groups in total. The fourth-order valence-corrected chi connectivity index (χ4v) is 3.20. The van der Waals surface area contributed by atoms with Gasteiger partial charge in [0.05, 0.1) is 16.5 Å². The average Bonchev–Trinajstić information content (AvgIpc) is 2.54. The van der Waals surface area contributed by atoms with Crippen LogP contribution >= 0.6 is 23.4 Å². The zero-order valence-corrected chi connectivity index (χ0v) is 13.9. The van der Waals surface area contributed by atoms with Crippen LogP contribution in [0.5, 0.6) is 0 Å². The molecule has 0 bridgehead atoms. The first-order valence-electron chi connectivity index (χ1n) is 7.06. The molecular weight excluding hydrogens is 334 g/mol. The van der Waals surface area contributed by atoms with Gasteiger partial charge in [-0.15, -0.1) is 11.8 Å². The minimum atomic E-state index is -0.430. The molecule has 1 amide bonds. The Hall–Kier alpha value is -1.98. The molecular formula is C17H14ClNO3S. The van der Waals surface area contributed by atoms with Crippen LogP contribution in [0.1, 0.15) is 22.8 Å². The Morgan fingerprint density at radius 1 is 1.26 bits per heavy atom. The normalized spacial score (nSPS) is 16.4. The minimum Gasteiger partial charge on any atom is -0.457 e. The molecule has 0 spiro atoms. The van der Waals surface area contributed by atoms with Gasteiger partial charge in [-0.05, 0) is 42.8 Å². The second kappa shape index (κ2) is 6.64. The van der Waals surface area contributed by atoms with Crippen LogP contribution in [0.3, 0.4) is 0 Å². The van der Waals surface area contributed by atoms with Crippen LogP contribution in [-0.4, -0.2) is 17.1 Å². The van der Waals surface area contributed by atoms with Gasteiger partial charge in [0.15, 0.2) is 0 Å². The molecule has 0 aliphatic carbocycles. The summed E-state index contributed by atoms with van der Waals surface area (Å²) in [6, 6.07) is 12.3. The number of thioether (sulfide) groups is 1. The fraction of sp³-hybridized carbons (Fsp3) is 0.176. The van der Waals surface area contributed by atoms with Crippen molar-refractivity contribution in [1.82, 2.24) is 0 Å². The van der Waals surface area contributed by atoms with E-state index in [2.05, 4.69) is 5.32 Å². The summed E-state index contributed by atoms with van der Waals surface area (Å²) in [5, 5.41) is 3.30. The van der Waals surface area contributed by atoms with Crippen LogP contribution in [0.25, 0.3) is 0 Å². The van der Waals surface area contributed by atoms with Gasteiger partial charge in [-0.1, -0.05) is 23.7 Å². The van der Waals surface area contributed by atoms with Gasteiger partial charge in [-0.3, -0.25) is 4.79 Å². The van der Waals surface area contributed by atoms with E-state index in [0.29, 0.717) is 16.3 Å². The Kier molecular flexibility index (Phi) is 4.59. The van der Waals surface area contributed by atoms with Crippen LogP contribution in [0.15, 0.2) is 47.4 Å². The summed E-state index contributed by atoms with van der Waals surface area (Å²) < 4.78 is 5.29. The fourth-order valence-electron chi connectivity index (χ4n) is 2.15. The maximum absolute atomic E-state index is 12.1. The van der Waals surface area contributed by atoms with Crippen LogP contribution in [0, 0.1) is 0 Å². The maximum Gasteiger partial charge on any atom is 0.338 e. The number of benzene rings is 2. The van der Waals surface area contributed by atoms with E-state index in [1.54, 1.807) is 36.4 Å². The lowest BCUT2D eigenvalue weighted by Crippen LogP contribution is -2.26. The molecule has 2 aromatic rings. The smallest absolute Gasteiger partial charge is 0.338 e. The molecule has 0 radical (unpaired) electrons. The molecule has 0 saturated heterocycles. The van der Waals surface area contributed by atoms with Crippen molar-refractivity contribution in [3.05, 3.63) is 58.6 Å². The third-order valence-corrected chi connectivity index (χ3v) is 4.86. The highest BCUT2D eigenvalue weighted by molar-refractivity contribution is 8.00. The number of hydrogen-bond donors (Lipinski definition) is 1. The predicted octanol–water partition coefficient (Wildman–Crippen LogP) is 4.13. The zero-order chi connectivity index (χ0) is 16.4. The average molecular weight is 348 g/mol. The van der Waals surface area contributed by atoms with E-state index in [1.807, 2.05) is 13.0 Å². The first kappa shape index (κ1) is 15.9. The number of esters is 1. The summed E-state index contributed by atoms with van der Waals surface area (Å²) in [5.74, 6) is -0.491. The molecule has 1 aliphatic heterocycles. The molecule has 1 atom stereocenters.